The third-order valence-corrected chi connectivity index (χ3v) is 3.98. The van der Waals surface area contributed by atoms with E-state index in [4.69, 9.17) is 10.5 Å². The van der Waals surface area contributed by atoms with Gasteiger partial charge in [-0.25, -0.2) is 0 Å². The summed E-state index contributed by atoms with van der Waals surface area (Å²) in [7, 11) is 3.47. The molecule has 0 bridgehead atoms. The summed E-state index contributed by atoms with van der Waals surface area (Å²) in [5, 5.41) is 13.1. The molecular formula is C18H26N4O2. The number of phenols is 1. The Kier molecular flexibility index (Phi) is 6.28. The molecule has 1 aliphatic carbocycles. The molecule has 0 aliphatic heterocycles. The van der Waals surface area contributed by atoms with Crippen LogP contribution in [0.15, 0.2) is 27.7 Å². The quantitative estimate of drug-likeness (QED) is 0.343. The zero-order chi connectivity index (χ0) is 18.5. The van der Waals surface area contributed by atoms with Crippen molar-refractivity contribution in [3.05, 3.63) is 28.8 Å². The van der Waals surface area contributed by atoms with Gasteiger partial charge in [0.15, 0.2) is 0 Å². The Morgan fingerprint density at radius 1 is 1.46 bits per heavy atom. The van der Waals surface area contributed by atoms with Gasteiger partial charge in [0.1, 0.15) is 17.9 Å². The second-order valence-corrected chi connectivity index (χ2v) is 6.02. The summed E-state index contributed by atoms with van der Waals surface area (Å²) >= 11 is 0. The summed E-state index contributed by atoms with van der Waals surface area (Å²) < 4.78 is 0. The second kappa shape index (κ2) is 7.77. The Bertz CT molecular complexity index is 703. The van der Waals surface area contributed by atoms with E-state index in [1.54, 1.807) is 20.2 Å². The molecule has 0 saturated heterocycles. The van der Waals surface area contributed by atoms with Crippen LogP contribution in [0.1, 0.15) is 31.9 Å². The first-order valence-electron chi connectivity index (χ1n) is 7.65. The van der Waals surface area contributed by atoms with Gasteiger partial charge in [0.25, 0.3) is 0 Å². The van der Waals surface area contributed by atoms with E-state index in [2.05, 4.69) is 35.9 Å². The molecule has 2 rings (SSSR count). The third-order valence-electron chi connectivity index (χ3n) is 3.98. The molecule has 0 unspecified atom stereocenters. The van der Waals surface area contributed by atoms with Crippen LogP contribution in [0.4, 0.5) is 5.69 Å². The van der Waals surface area contributed by atoms with Crippen LogP contribution in [0.3, 0.4) is 0 Å². The van der Waals surface area contributed by atoms with E-state index in [-0.39, 0.29) is 11.2 Å². The highest BCUT2D eigenvalue weighted by Gasteiger charge is 2.36. The predicted molar refractivity (Wildman–Crippen MR) is 101 cm³/mol. The van der Waals surface area contributed by atoms with Crippen molar-refractivity contribution in [3.8, 4) is 5.75 Å². The molecule has 0 radical (unpaired) electrons. The molecular weight excluding hydrogens is 304 g/mol. The van der Waals surface area contributed by atoms with Crippen molar-refractivity contribution >= 4 is 30.2 Å². The molecule has 0 amide bonds. The number of hydrogen-bond acceptors (Lipinski definition) is 5. The molecule has 0 fully saturated rings. The maximum absolute atomic E-state index is 10.0. The lowest BCUT2D eigenvalue weighted by molar-refractivity contribution is -0.106. The van der Waals surface area contributed by atoms with Gasteiger partial charge in [0, 0.05) is 25.2 Å². The number of hydrogen-bond donors (Lipinski definition) is 3. The van der Waals surface area contributed by atoms with Crippen LogP contribution in [0, 0.1) is 5.41 Å². The van der Waals surface area contributed by atoms with Crippen LogP contribution in [0.5, 0.6) is 5.75 Å². The van der Waals surface area contributed by atoms with Crippen LogP contribution >= 0.6 is 0 Å². The minimum absolute atomic E-state index is 0.232. The van der Waals surface area contributed by atoms with Gasteiger partial charge in [-0.05, 0) is 43.2 Å². The first-order chi connectivity index (χ1) is 11.3. The van der Waals surface area contributed by atoms with Crippen molar-refractivity contribution in [2.24, 2.45) is 21.1 Å². The monoisotopic (exact) mass is 330 g/mol. The Labute approximate surface area is 143 Å². The summed E-state index contributed by atoms with van der Waals surface area (Å²) in [4.78, 5) is 17.1. The molecule has 4 N–H and O–H groups in total. The molecule has 0 atom stereocenters. The Hall–Kier alpha value is -2.63. The number of carbonyl (C=O) groups excluding carboxylic acids is 1. The van der Waals surface area contributed by atoms with Gasteiger partial charge in [0.2, 0.25) is 0 Å². The van der Waals surface area contributed by atoms with E-state index >= 15 is 0 Å². The smallest absolute Gasteiger partial charge is 0.138 e. The zero-order valence-electron chi connectivity index (χ0n) is 15.0. The largest absolute Gasteiger partial charge is 0.506 e. The number of carbonyl (C=O) groups is 1. The van der Waals surface area contributed by atoms with E-state index in [9.17, 15) is 5.11 Å². The van der Waals surface area contributed by atoms with Gasteiger partial charge >= 0.3 is 0 Å². The SMILES string of the molecule is C=NC1=C(C(N)=NC)C(C)(C)Cc2c1ccc(O)c2NC.CC=O. The topological polar surface area (TPSA) is 100 Å². The van der Waals surface area contributed by atoms with Crippen molar-refractivity contribution in [1.29, 1.82) is 0 Å². The molecule has 0 aromatic heterocycles. The maximum Gasteiger partial charge on any atom is 0.138 e. The fourth-order valence-electron chi connectivity index (χ4n) is 3.05. The fraction of sp³-hybridized carbons (Fsp3) is 0.389. The number of nitrogens with two attached hydrogens (primary N) is 1. The van der Waals surface area contributed by atoms with Crippen molar-refractivity contribution in [2.45, 2.75) is 27.2 Å². The van der Waals surface area contributed by atoms with E-state index in [0.717, 1.165) is 40.8 Å². The normalized spacial score (nSPS) is 15.8. The van der Waals surface area contributed by atoms with Crippen molar-refractivity contribution in [1.82, 2.24) is 0 Å². The van der Waals surface area contributed by atoms with Gasteiger partial charge in [0.05, 0.1) is 11.4 Å². The van der Waals surface area contributed by atoms with Gasteiger partial charge in [-0.15, -0.1) is 0 Å². The van der Waals surface area contributed by atoms with Crippen LogP contribution in [0.25, 0.3) is 5.70 Å². The molecule has 1 aliphatic rings. The number of aliphatic imine (C=N–C) groups is 2. The minimum atomic E-state index is -0.244. The molecule has 1 aromatic carbocycles. The zero-order valence-corrected chi connectivity index (χ0v) is 15.0. The standard InChI is InChI=1S/C16H22N4O.C2H4O/c1-16(2)8-10-9(6-7-11(21)13(10)18-3)14(19-4)12(16)15(17)20-5;1-2-3/h6-7,18,21H,4,8H2,1-3,5H3,(H2,17,20);2H,1H3. The van der Waals surface area contributed by atoms with Crippen molar-refractivity contribution in [3.63, 3.8) is 0 Å². The number of nitrogens with zero attached hydrogens (tertiary/aromatic N) is 2. The highest BCUT2D eigenvalue weighted by Crippen LogP contribution is 2.47. The molecule has 6 nitrogen and oxygen atoms in total. The van der Waals surface area contributed by atoms with Gasteiger partial charge in [-0.1, -0.05) is 13.8 Å². The highest BCUT2D eigenvalue weighted by molar-refractivity contribution is 6.06. The highest BCUT2D eigenvalue weighted by atomic mass is 16.3. The second-order valence-electron chi connectivity index (χ2n) is 6.02. The summed E-state index contributed by atoms with van der Waals surface area (Å²) in [5.74, 6) is 0.711. The predicted octanol–water partition coefficient (Wildman–Crippen LogP) is 2.62. The molecule has 24 heavy (non-hydrogen) atoms. The number of rotatable bonds is 3. The summed E-state index contributed by atoms with van der Waals surface area (Å²) in [6, 6.07) is 3.51. The Morgan fingerprint density at radius 2 is 2.04 bits per heavy atom. The Balaban J connectivity index is 0.000000891. The molecule has 130 valence electrons. The molecule has 0 spiro atoms. The number of aromatic hydroxyl groups is 1. The number of phenolic OH excluding ortho intramolecular Hbond substituents is 1. The van der Waals surface area contributed by atoms with E-state index in [1.165, 1.54) is 6.92 Å². The van der Waals surface area contributed by atoms with Crippen LogP contribution < -0.4 is 11.1 Å². The summed E-state index contributed by atoms with van der Waals surface area (Å²) in [5.41, 5.74) is 10.2. The average molecular weight is 330 g/mol. The number of aldehydes is 1. The number of anilines is 1. The molecule has 6 heteroatoms. The molecule has 0 heterocycles. The summed E-state index contributed by atoms with van der Waals surface area (Å²) in [6.45, 7) is 9.33. The first kappa shape index (κ1) is 19.4. The minimum Gasteiger partial charge on any atom is -0.506 e. The fourth-order valence-corrected chi connectivity index (χ4v) is 3.05. The van der Waals surface area contributed by atoms with Gasteiger partial charge < -0.3 is 21.0 Å². The molecule has 1 aromatic rings. The van der Waals surface area contributed by atoms with Crippen LogP contribution in [0.2, 0.25) is 0 Å². The Morgan fingerprint density at radius 3 is 2.50 bits per heavy atom. The lowest BCUT2D eigenvalue weighted by Gasteiger charge is -2.35. The van der Waals surface area contributed by atoms with Crippen LogP contribution in [-0.2, 0) is 11.2 Å². The van der Waals surface area contributed by atoms with Gasteiger partial charge in [-0.3, -0.25) is 9.98 Å². The summed E-state index contributed by atoms with van der Waals surface area (Å²) in [6.07, 6.45) is 1.48. The third kappa shape index (κ3) is 3.48. The average Bonchev–Trinajstić information content (AvgIpc) is 2.52. The number of fused-ring (bicyclic) bond motifs is 1. The number of benzene rings is 1. The van der Waals surface area contributed by atoms with E-state index in [0.29, 0.717) is 5.84 Å². The lowest BCUT2D eigenvalue weighted by atomic mass is 9.70. The van der Waals surface area contributed by atoms with Crippen LogP contribution in [-0.4, -0.2) is 38.0 Å². The number of amidine groups is 1. The van der Waals surface area contributed by atoms with Crippen molar-refractivity contribution in [2.75, 3.05) is 19.4 Å². The maximum atomic E-state index is 10.0. The van der Waals surface area contributed by atoms with Crippen molar-refractivity contribution < 1.29 is 9.90 Å². The molecule has 0 saturated carbocycles. The van der Waals surface area contributed by atoms with E-state index in [1.807, 2.05) is 6.07 Å². The first-order valence-corrected chi connectivity index (χ1v) is 7.65. The van der Waals surface area contributed by atoms with E-state index < -0.39 is 0 Å². The van der Waals surface area contributed by atoms with Gasteiger partial charge in [-0.2, -0.15) is 0 Å². The lowest BCUT2D eigenvalue weighted by Crippen LogP contribution is -2.33. The number of nitrogens with one attached hydrogen (secondary N) is 1.